The Labute approximate surface area is 152 Å². The summed E-state index contributed by atoms with van der Waals surface area (Å²) in [5.74, 6) is -0.928. The Morgan fingerprint density at radius 1 is 1.23 bits per heavy atom. The monoisotopic (exact) mass is 379 g/mol. The number of carbonyl (C=O) groups is 1. The van der Waals surface area contributed by atoms with Gasteiger partial charge in [0.1, 0.15) is 5.82 Å². The second kappa shape index (κ2) is 8.29. The number of hydrogen-bond donors (Lipinski definition) is 3. The lowest BCUT2D eigenvalue weighted by Crippen LogP contribution is -2.29. The first kappa shape index (κ1) is 19.9. The molecule has 0 fully saturated rings. The lowest BCUT2D eigenvalue weighted by Gasteiger charge is -2.11. The number of anilines is 1. The first-order valence-electron chi connectivity index (χ1n) is 8.12. The van der Waals surface area contributed by atoms with Gasteiger partial charge in [-0.25, -0.2) is 12.8 Å². The van der Waals surface area contributed by atoms with Crippen molar-refractivity contribution in [3.63, 3.8) is 0 Å². The number of rotatable bonds is 7. The van der Waals surface area contributed by atoms with Crippen molar-refractivity contribution in [3.05, 3.63) is 59.4 Å². The molecule has 8 heteroatoms. The van der Waals surface area contributed by atoms with E-state index in [9.17, 15) is 17.6 Å². The van der Waals surface area contributed by atoms with Gasteiger partial charge in [0, 0.05) is 23.8 Å². The maximum Gasteiger partial charge on any atom is 0.261 e. The molecule has 0 radical (unpaired) electrons. The van der Waals surface area contributed by atoms with Gasteiger partial charge >= 0.3 is 0 Å². The van der Waals surface area contributed by atoms with Gasteiger partial charge in [-0.3, -0.25) is 9.52 Å². The third-order valence-electron chi connectivity index (χ3n) is 3.72. The molecule has 0 aliphatic carbocycles. The van der Waals surface area contributed by atoms with Crippen molar-refractivity contribution < 1.29 is 17.6 Å². The number of halogens is 1. The van der Waals surface area contributed by atoms with Gasteiger partial charge in [0.25, 0.3) is 15.9 Å². The number of aryl methyl sites for hydroxylation is 1. The van der Waals surface area contributed by atoms with Crippen molar-refractivity contribution in [2.24, 2.45) is 5.73 Å². The normalized spacial score (nSPS) is 12.5. The van der Waals surface area contributed by atoms with Crippen molar-refractivity contribution in [1.29, 1.82) is 0 Å². The SMILES string of the molecule is Cc1ccc(S(=O)(=O)Nc2cccc(C(=O)NCCC(C)N)c2)cc1F. The molecule has 0 saturated heterocycles. The molecular formula is C18H22FN3O3S. The van der Waals surface area contributed by atoms with Crippen molar-refractivity contribution in [1.82, 2.24) is 5.32 Å². The smallest absolute Gasteiger partial charge is 0.261 e. The first-order chi connectivity index (χ1) is 12.2. The Hall–Kier alpha value is -2.45. The van der Waals surface area contributed by atoms with E-state index in [0.717, 1.165) is 6.07 Å². The minimum atomic E-state index is -3.96. The van der Waals surface area contributed by atoms with E-state index in [1.807, 2.05) is 6.92 Å². The molecule has 140 valence electrons. The van der Waals surface area contributed by atoms with Crippen molar-refractivity contribution >= 4 is 21.6 Å². The van der Waals surface area contributed by atoms with Gasteiger partial charge in [0.2, 0.25) is 0 Å². The predicted molar refractivity (Wildman–Crippen MR) is 99.0 cm³/mol. The molecule has 6 nitrogen and oxygen atoms in total. The molecule has 0 saturated carbocycles. The summed E-state index contributed by atoms with van der Waals surface area (Å²) in [5.41, 5.74) is 6.51. The summed E-state index contributed by atoms with van der Waals surface area (Å²) in [6, 6.07) is 9.73. The number of carbonyl (C=O) groups excluding carboxylic acids is 1. The fraction of sp³-hybridized carbons (Fsp3) is 0.278. The van der Waals surface area contributed by atoms with Crippen molar-refractivity contribution in [2.75, 3.05) is 11.3 Å². The minimum absolute atomic E-state index is 0.0247. The average Bonchev–Trinajstić information content (AvgIpc) is 2.56. The fourth-order valence-corrected chi connectivity index (χ4v) is 3.26. The molecule has 2 aromatic carbocycles. The van der Waals surface area contributed by atoms with Crippen LogP contribution in [-0.4, -0.2) is 26.9 Å². The maximum absolute atomic E-state index is 13.6. The third-order valence-corrected chi connectivity index (χ3v) is 5.09. The van der Waals surface area contributed by atoms with Gasteiger partial charge < -0.3 is 11.1 Å². The molecule has 2 aromatic rings. The predicted octanol–water partition coefficient (Wildman–Crippen LogP) is 2.40. The van der Waals surface area contributed by atoms with Crippen LogP contribution in [0.1, 0.15) is 29.3 Å². The second-order valence-corrected chi connectivity index (χ2v) is 7.80. The molecule has 0 aliphatic heterocycles. The lowest BCUT2D eigenvalue weighted by molar-refractivity contribution is 0.0953. The van der Waals surface area contributed by atoms with E-state index < -0.39 is 15.8 Å². The van der Waals surface area contributed by atoms with Crippen LogP contribution in [0.2, 0.25) is 0 Å². The number of sulfonamides is 1. The highest BCUT2D eigenvalue weighted by Gasteiger charge is 2.16. The van der Waals surface area contributed by atoms with E-state index >= 15 is 0 Å². The number of amides is 1. The Kier molecular flexibility index (Phi) is 6.33. The molecule has 1 amide bonds. The summed E-state index contributed by atoms with van der Waals surface area (Å²) in [7, 11) is -3.96. The van der Waals surface area contributed by atoms with Crippen LogP contribution in [0, 0.1) is 12.7 Å². The Balaban J connectivity index is 2.14. The van der Waals surface area contributed by atoms with Gasteiger partial charge in [-0.05, 0) is 56.2 Å². The van der Waals surface area contributed by atoms with Crippen LogP contribution < -0.4 is 15.8 Å². The number of nitrogens with one attached hydrogen (secondary N) is 2. The van der Waals surface area contributed by atoms with Crippen LogP contribution in [0.15, 0.2) is 47.4 Å². The molecule has 0 aliphatic rings. The van der Waals surface area contributed by atoms with Gasteiger partial charge in [-0.2, -0.15) is 0 Å². The molecule has 1 unspecified atom stereocenters. The highest BCUT2D eigenvalue weighted by atomic mass is 32.2. The lowest BCUT2D eigenvalue weighted by atomic mass is 10.2. The summed E-state index contributed by atoms with van der Waals surface area (Å²) in [4.78, 5) is 11.9. The van der Waals surface area contributed by atoms with E-state index in [-0.39, 0.29) is 22.5 Å². The van der Waals surface area contributed by atoms with Crippen LogP contribution in [0.5, 0.6) is 0 Å². The molecule has 4 N–H and O–H groups in total. The molecule has 2 rings (SSSR count). The summed E-state index contributed by atoms with van der Waals surface area (Å²) in [5, 5.41) is 2.72. The number of hydrogen-bond acceptors (Lipinski definition) is 4. The van der Waals surface area contributed by atoms with Crippen LogP contribution in [0.4, 0.5) is 10.1 Å². The summed E-state index contributed by atoms with van der Waals surface area (Å²) < 4.78 is 40.8. The highest BCUT2D eigenvalue weighted by molar-refractivity contribution is 7.92. The first-order valence-corrected chi connectivity index (χ1v) is 9.60. The quantitative estimate of drug-likeness (QED) is 0.687. The van der Waals surface area contributed by atoms with Gasteiger partial charge in [-0.1, -0.05) is 12.1 Å². The summed E-state index contributed by atoms with van der Waals surface area (Å²) in [6.07, 6.45) is 0.636. The van der Waals surface area contributed by atoms with Crippen LogP contribution >= 0.6 is 0 Å². The zero-order valence-corrected chi connectivity index (χ0v) is 15.4. The molecule has 1 atom stereocenters. The summed E-state index contributed by atoms with van der Waals surface area (Å²) in [6.45, 7) is 3.82. The second-order valence-electron chi connectivity index (χ2n) is 6.12. The highest BCUT2D eigenvalue weighted by Crippen LogP contribution is 2.19. The number of benzene rings is 2. The Morgan fingerprint density at radius 3 is 2.62 bits per heavy atom. The van der Waals surface area contributed by atoms with Gasteiger partial charge in [0.05, 0.1) is 4.90 Å². The standard InChI is InChI=1S/C18H22FN3O3S/c1-12-6-7-16(11-17(12)19)26(24,25)22-15-5-3-4-14(10-15)18(23)21-9-8-13(2)20/h3-7,10-11,13,22H,8-9,20H2,1-2H3,(H,21,23). The largest absolute Gasteiger partial charge is 0.352 e. The van der Waals surface area contributed by atoms with E-state index in [0.29, 0.717) is 24.1 Å². The molecule has 0 heterocycles. The maximum atomic E-state index is 13.6. The van der Waals surface area contributed by atoms with Gasteiger partial charge in [0.15, 0.2) is 0 Å². The zero-order chi connectivity index (χ0) is 19.3. The number of nitrogens with two attached hydrogens (primary N) is 1. The summed E-state index contributed by atoms with van der Waals surface area (Å²) >= 11 is 0. The van der Waals surface area contributed by atoms with E-state index in [1.54, 1.807) is 19.1 Å². The Morgan fingerprint density at radius 2 is 1.96 bits per heavy atom. The molecular weight excluding hydrogens is 357 g/mol. The Bertz CT molecular complexity index is 898. The molecule has 0 spiro atoms. The van der Waals surface area contributed by atoms with Crippen molar-refractivity contribution in [2.45, 2.75) is 31.2 Å². The zero-order valence-electron chi connectivity index (χ0n) is 14.6. The van der Waals surface area contributed by atoms with Crippen LogP contribution in [0.3, 0.4) is 0 Å². The van der Waals surface area contributed by atoms with E-state index in [1.165, 1.54) is 24.3 Å². The van der Waals surface area contributed by atoms with Crippen LogP contribution in [0.25, 0.3) is 0 Å². The van der Waals surface area contributed by atoms with E-state index in [2.05, 4.69) is 10.0 Å². The fourth-order valence-electron chi connectivity index (χ4n) is 2.19. The van der Waals surface area contributed by atoms with Crippen molar-refractivity contribution in [3.8, 4) is 0 Å². The van der Waals surface area contributed by atoms with Crippen LogP contribution in [-0.2, 0) is 10.0 Å². The third kappa shape index (κ3) is 5.27. The molecule has 0 aromatic heterocycles. The molecule has 0 bridgehead atoms. The minimum Gasteiger partial charge on any atom is -0.352 e. The van der Waals surface area contributed by atoms with E-state index in [4.69, 9.17) is 5.73 Å². The topological polar surface area (TPSA) is 101 Å². The average molecular weight is 379 g/mol. The van der Waals surface area contributed by atoms with Gasteiger partial charge in [-0.15, -0.1) is 0 Å². The molecule has 26 heavy (non-hydrogen) atoms.